The van der Waals surface area contributed by atoms with Crippen LogP contribution in [0.4, 0.5) is 0 Å². The first-order chi connectivity index (χ1) is 43.5. The van der Waals surface area contributed by atoms with E-state index >= 15 is 0 Å². The summed E-state index contributed by atoms with van der Waals surface area (Å²) in [5.41, 5.74) is 21.7. The van der Waals surface area contributed by atoms with Gasteiger partial charge >= 0.3 is 0 Å². The van der Waals surface area contributed by atoms with E-state index in [4.69, 9.17) is 14.4 Å². The van der Waals surface area contributed by atoms with Gasteiger partial charge in [0.25, 0.3) is 0 Å². The van der Waals surface area contributed by atoms with Crippen LogP contribution in [0.5, 0.6) is 0 Å². The Morgan fingerprint density at radius 3 is 1.56 bits per heavy atom. The average Bonchev–Trinajstić information content (AvgIpc) is 1.91. The zero-order chi connectivity index (χ0) is 57.2. The van der Waals surface area contributed by atoms with Crippen molar-refractivity contribution in [1.29, 1.82) is 0 Å². The monoisotopic (exact) mass is 1200 g/mol. The minimum absolute atomic E-state index is 0.774. The highest BCUT2D eigenvalue weighted by Gasteiger charge is 2.24. The summed E-state index contributed by atoms with van der Waals surface area (Å²) in [5.74, 6) is 0. The van der Waals surface area contributed by atoms with Gasteiger partial charge in [0.2, 0.25) is 0 Å². The molecule has 0 bridgehead atoms. The highest BCUT2D eigenvalue weighted by molar-refractivity contribution is 7.27. The second kappa shape index (κ2) is 17.4. The van der Waals surface area contributed by atoms with Gasteiger partial charge in [-0.3, -0.25) is 0 Å². The molecule has 0 aliphatic heterocycles. The van der Waals surface area contributed by atoms with E-state index in [0.29, 0.717) is 0 Å². The summed E-state index contributed by atoms with van der Waals surface area (Å²) >= 11 is 7.32. The minimum atomic E-state index is 0.774. The Labute approximate surface area is 514 Å². The van der Waals surface area contributed by atoms with Crippen LogP contribution >= 0.6 is 45.3 Å². The molecule has 0 unspecified atom stereocenters. The molecule has 0 spiro atoms. The molecule has 0 aliphatic carbocycles. The molecule has 0 amide bonds. The molecule has 0 N–H and O–H groups in total. The number of nitrogens with zero attached hydrogens (tertiary/aromatic N) is 7. The summed E-state index contributed by atoms with van der Waals surface area (Å²) in [4.78, 5) is 14.4. The van der Waals surface area contributed by atoms with Crippen LogP contribution in [0.2, 0.25) is 0 Å². The molecule has 12 aromatic carbocycles. The molecule has 0 saturated carbocycles. The third-order valence-electron chi connectivity index (χ3n) is 18.7. The standard InChI is InChI=1S/C76H41N7OS4/c1-80-37-77-58-35-44(17-27-61(58)80)81-63-33-42(41-16-30-68-57(32-41)55-25-22-50-46-7-2-4-9-60(46)83(73(50)76(55)88-68)62-10-6-12-69-70(62)79-39-85-69)14-20-48(63)52-23-26-54-56-31-40(15-29-67(56)87-75(54)72(52)81)43-13-19-47-51-21-24-53-49-8-3-5-11-66(49)86-74(53)71(51)82(64(47)34-43)45-18-28-65-59(36-45)78-38-84-65/h2-39H,1H3. The van der Waals surface area contributed by atoms with Crippen molar-refractivity contribution in [2.45, 2.75) is 0 Å². The van der Waals surface area contributed by atoms with E-state index in [1.54, 1.807) is 11.3 Å². The maximum atomic E-state index is 5.75. The van der Waals surface area contributed by atoms with Crippen LogP contribution in [-0.2, 0) is 7.05 Å². The molecular weight excluding hydrogens is 1160 g/mol. The summed E-state index contributed by atoms with van der Waals surface area (Å²) in [5, 5.41) is 15.0. The van der Waals surface area contributed by atoms with Crippen molar-refractivity contribution in [3.05, 3.63) is 231 Å². The van der Waals surface area contributed by atoms with Crippen LogP contribution in [0, 0.1) is 0 Å². The Bertz CT molecular complexity index is 6670. The molecule has 9 heterocycles. The molecular formula is C76H41N7OS4. The number of benzene rings is 12. The molecule has 0 atom stereocenters. The number of thiazole rings is 1. The van der Waals surface area contributed by atoms with Gasteiger partial charge in [-0.2, -0.15) is 0 Å². The molecule has 410 valence electrons. The molecule has 12 heteroatoms. The lowest BCUT2D eigenvalue weighted by Crippen LogP contribution is -1.95. The molecule has 0 saturated heterocycles. The number of hydrogen-bond donors (Lipinski definition) is 0. The Morgan fingerprint density at radius 2 is 0.875 bits per heavy atom. The van der Waals surface area contributed by atoms with Gasteiger partial charge in [0.1, 0.15) is 11.0 Å². The molecule has 0 aliphatic rings. The van der Waals surface area contributed by atoms with E-state index in [2.05, 4.69) is 237 Å². The Morgan fingerprint density at radius 1 is 0.352 bits per heavy atom. The highest BCUT2D eigenvalue weighted by Crippen LogP contribution is 2.49. The summed E-state index contributed by atoms with van der Waals surface area (Å²) in [6.07, 6.45) is 3.45. The number of oxazole rings is 1. The zero-order valence-corrected chi connectivity index (χ0v) is 49.9. The third-order valence-corrected chi connectivity index (χ3v) is 23.1. The number of fused-ring (bicyclic) bond motifs is 24. The first-order valence-electron chi connectivity index (χ1n) is 29.3. The molecule has 0 radical (unpaired) electrons. The van der Waals surface area contributed by atoms with Gasteiger partial charge in [-0.05, 0) is 119 Å². The number of aryl methyl sites for hydroxylation is 1. The lowest BCUT2D eigenvalue weighted by atomic mass is 10.00. The molecule has 88 heavy (non-hydrogen) atoms. The average molecular weight is 1200 g/mol. The van der Waals surface area contributed by atoms with Crippen molar-refractivity contribution in [3.8, 4) is 39.3 Å². The maximum absolute atomic E-state index is 5.75. The lowest BCUT2D eigenvalue weighted by Gasteiger charge is -2.10. The van der Waals surface area contributed by atoms with Gasteiger partial charge in [0, 0.05) is 97.2 Å². The summed E-state index contributed by atoms with van der Waals surface area (Å²) < 4.78 is 24.1. The number of rotatable bonds is 5. The highest BCUT2D eigenvalue weighted by atomic mass is 32.1. The predicted octanol–water partition coefficient (Wildman–Crippen LogP) is 22.1. The van der Waals surface area contributed by atoms with Crippen LogP contribution < -0.4 is 0 Å². The Kier molecular flexibility index (Phi) is 9.42. The van der Waals surface area contributed by atoms with Crippen molar-refractivity contribution in [3.63, 3.8) is 0 Å². The van der Waals surface area contributed by atoms with Gasteiger partial charge in [-0.1, -0.05) is 115 Å². The van der Waals surface area contributed by atoms with Gasteiger partial charge < -0.3 is 22.7 Å². The molecule has 21 rings (SSSR count). The Balaban J connectivity index is 0.746. The van der Waals surface area contributed by atoms with E-state index in [-0.39, 0.29) is 0 Å². The van der Waals surface area contributed by atoms with Crippen molar-refractivity contribution in [2.75, 3.05) is 0 Å². The number of thiophene rings is 3. The molecule has 8 nitrogen and oxygen atoms in total. The quantitative estimate of drug-likeness (QED) is 0.172. The second-order valence-corrected chi connectivity index (χ2v) is 27.3. The van der Waals surface area contributed by atoms with E-state index in [0.717, 1.165) is 61.3 Å². The van der Waals surface area contributed by atoms with Crippen molar-refractivity contribution < 1.29 is 4.42 Å². The number of aromatic nitrogens is 7. The van der Waals surface area contributed by atoms with Crippen molar-refractivity contribution in [1.82, 2.24) is 33.2 Å². The molecule has 21 aromatic rings. The summed E-state index contributed by atoms with van der Waals surface area (Å²) in [6.45, 7) is 0. The van der Waals surface area contributed by atoms with Gasteiger partial charge in [-0.15, -0.1) is 45.3 Å². The normalized spacial score (nSPS) is 12.6. The SMILES string of the molecule is Cn1cnc2cc(-n3c4cc(-c5ccc6sc7c(ccc8c9ccccc9n(-c9cccc%10scnc9%10)c87)c6c5)ccc4c4ccc5c6cc(-c7ccc8c9ccc%10c%11ccccc%11sc%10c9n(-c9ccc%10ocnc%10c9)c8c7)ccc6sc5c43)ccc21. The van der Waals surface area contributed by atoms with Crippen LogP contribution in [0.1, 0.15) is 0 Å². The molecule has 0 fully saturated rings. The van der Waals surface area contributed by atoms with Gasteiger partial charge in [0.15, 0.2) is 12.0 Å². The first kappa shape index (κ1) is 47.7. The number of hydrogen-bond acceptors (Lipinski definition) is 8. The predicted molar refractivity (Wildman–Crippen MR) is 374 cm³/mol. The van der Waals surface area contributed by atoms with E-state index in [9.17, 15) is 0 Å². The number of imidazole rings is 1. The van der Waals surface area contributed by atoms with Crippen LogP contribution in [-0.4, -0.2) is 33.2 Å². The van der Waals surface area contributed by atoms with Crippen LogP contribution in [0.15, 0.2) is 235 Å². The fourth-order valence-electron chi connectivity index (χ4n) is 14.7. The fourth-order valence-corrected chi connectivity index (χ4v) is 19.1. The second-order valence-electron chi connectivity index (χ2n) is 23.2. The summed E-state index contributed by atoms with van der Waals surface area (Å²) in [7, 11) is 2.07. The van der Waals surface area contributed by atoms with E-state index in [1.165, 1.54) is 143 Å². The first-order valence-corrected chi connectivity index (χ1v) is 32.6. The van der Waals surface area contributed by atoms with Crippen molar-refractivity contribution >= 4 is 204 Å². The van der Waals surface area contributed by atoms with Crippen LogP contribution in [0.3, 0.4) is 0 Å². The minimum Gasteiger partial charge on any atom is -0.443 e. The van der Waals surface area contributed by atoms with Crippen LogP contribution in [0.25, 0.3) is 198 Å². The third kappa shape index (κ3) is 6.43. The fraction of sp³-hybridized carbons (Fsp3) is 0.0132. The van der Waals surface area contributed by atoms with Crippen molar-refractivity contribution in [2.24, 2.45) is 7.05 Å². The Hall–Kier alpha value is -10.5. The van der Waals surface area contributed by atoms with E-state index < -0.39 is 0 Å². The van der Waals surface area contributed by atoms with Gasteiger partial charge in [0.05, 0.1) is 80.5 Å². The number of para-hydroxylation sites is 2. The largest absolute Gasteiger partial charge is 0.443 e. The maximum Gasteiger partial charge on any atom is 0.181 e. The molecule has 9 aromatic heterocycles. The zero-order valence-electron chi connectivity index (χ0n) is 46.6. The van der Waals surface area contributed by atoms with E-state index in [1.807, 2.05) is 51.9 Å². The van der Waals surface area contributed by atoms with Gasteiger partial charge in [-0.25, -0.2) is 15.0 Å². The topological polar surface area (TPSA) is 71.5 Å². The summed E-state index contributed by atoms with van der Waals surface area (Å²) in [6, 6.07) is 79.5. The smallest absolute Gasteiger partial charge is 0.181 e. The lowest BCUT2D eigenvalue weighted by molar-refractivity contribution is 0.602.